The van der Waals surface area contributed by atoms with Crippen molar-refractivity contribution in [2.75, 3.05) is 7.11 Å². The van der Waals surface area contributed by atoms with Crippen molar-refractivity contribution in [3.8, 4) is 0 Å². The van der Waals surface area contributed by atoms with Crippen molar-refractivity contribution in [3.05, 3.63) is 0 Å². The molecule has 2 rings (SSSR count). The predicted molar refractivity (Wildman–Crippen MR) is 63.1 cm³/mol. The third kappa shape index (κ3) is 2.76. The summed E-state index contributed by atoms with van der Waals surface area (Å²) in [7, 11) is 1.48. The normalized spacial score (nSPS) is 30.1. The number of hydrogen-bond acceptors (Lipinski definition) is 3. The van der Waals surface area contributed by atoms with Gasteiger partial charge in [-0.2, -0.15) is 0 Å². The lowest BCUT2D eigenvalue weighted by Gasteiger charge is -2.22. The molecule has 16 heavy (non-hydrogen) atoms. The van der Waals surface area contributed by atoms with Gasteiger partial charge in [-0.25, -0.2) is 0 Å². The second-order valence-corrected chi connectivity index (χ2v) is 6.11. The van der Waals surface area contributed by atoms with E-state index in [4.69, 9.17) is 4.74 Å². The average molecular weight is 225 g/mol. The molecule has 0 spiro atoms. The highest BCUT2D eigenvalue weighted by atomic mass is 16.5. The van der Waals surface area contributed by atoms with Crippen molar-refractivity contribution in [1.82, 2.24) is 5.32 Å². The van der Waals surface area contributed by atoms with Crippen LogP contribution < -0.4 is 5.32 Å². The minimum absolute atomic E-state index is 0.0519. The fourth-order valence-electron chi connectivity index (χ4n) is 2.79. The van der Waals surface area contributed by atoms with E-state index in [-0.39, 0.29) is 12.0 Å². The second-order valence-electron chi connectivity index (χ2n) is 6.11. The molecule has 3 nitrogen and oxygen atoms in total. The molecule has 0 heterocycles. The molecule has 0 aromatic heterocycles. The summed E-state index contributed by atoms with van der Waals surface area (Å²) >= 11 is 0. The Balaban J connectivity index is 1.89. The Morgan fingerprint density at radius 3 is 2.50 bits per heavy atom. The van der Waals surface area contributed by atoms with E-state index in [9.17, 15) is 4.79 Å². The summed E-state index contributed by atoms with van der Waals surface area (Å²) in [5.41, 5.74) is 0.432. The van der Waals surface area contributed by atoms with Crippen LogP contribution in [0.4, 0.5) is 0 Å². The SMILES string of the molecule is COC(=O)C(NC1CCC(C)(C)C1)C1CC1. The van der Waals surface area contributed by atoms with E-state index in [1.807, 2.05) is 0 Å². The van der Waals surface area contributed by atoms with Crippen LogP contribution in [0.15, 0.2) is 0 Å². The summed E-state index contributed by atoms with van der Waals surface area (Å²) in [6.45, 7) is 4.61. The van der Waals surface area contributed by atoms with Gasteiger partial charge in [0.15, 0.2) is 0 Å². The molecule has 2 aliphatic rings. The smallest absolute Gasteiger partial charge is 0.323 e. The van der Waals surface area contributed by atoms with Crippen LogP contribution in [0.3, 0.4) is 0 Å². The van der Waals surface area contributed by atoms with Crippen LogP contribution in [-0.2, 0) is 9.53 Å². The Bertz CT molecular complexity index is 271. The molecule has 0 radical (unpaired) electrons. The maximum atomic E-state index is 11.7. The highest BCUT2D eigenvalue weighted by molar-refractivity contribution is 5.76. The molecular formula is C13H23NO2. The molecule has 1 N–H and O–H groups in total. The Labute approximate surface area is 97.9 Å². The van der Waals surface area contributed by atoms with Crippen LogP contribution in [0, 0.1) is 11.3 Å². The van der Waals surface area contributed by atoms with E-state index in [0.29, 0.717) is 17.4 Å². The van der Waals surface area contributed by atoms with Gasteiger partial charge in [0.1, 0.15) is 6.04 Å². The largest absolute Gasteiger partial charge is 0.468 e. The molecule has 0 aromatic carbocycles. The van der Waals surface area contributed by atoms with Gasteiger partial charge in [-0.3, -0.25) is 4.79 Å². The highest BCUT2D eigenvalue weighted by Gasteiger charge is 2.40. The summed E-state index contributed by atoms with van der Waals surface area (Å²) < 4.78 is 4.87. The van der Waals surface area contributed by atoms with E-state index in [1.54, 1.807) is 0 Å². The first-order valence-electron chi connectivity index (χ1n) is 6.36. The number of carbonyl (C=O) groups excluding carboxylic acids is 1. The summed E-state index contributed by atoms with van der Waals surface area (Å²) in [6.07, 6.45) is 5.95. The lowest BCUT2D eigenvalue weighted by atomic mass is 9.91. The van der Waals surface area contributed by atoms with E-state index < -0.39 is 0 Å². The lowest BCUT2D eigenvalue weighted by Crippen LogP contribution is -2.44. The van der Waals surface area contributed by atoms with Crippen LogP contribution >= 0.6 is 0 Å². The number of rotatable bonds is 4. The Morgan fingerprint density at radius 1 is 1.38 bits per heavy atom. The van der Waals surface area contributed by atoms with Crippen molar-refractivity contribution in [1.29, 1.82) is 0 Å². The number of methoxy groups -OCH3 is 1. The van der Waals surface area contributed by atoms with Crippen molar-refractivity contribution < 1.29 is 9.53 Å². The van der Waals surface area contributed by atoms with Gasteiger partial charge in [0.05, 0.1) is 7.11 Å². The Hall–Kier alpha value is -0.570. The van der Waals surface area contributed by atoms with Gasteiger partial charge in [0.2, 0.25) is 0 Å². The van der Waals surface area contributed by atoms with Gasteiger partial charge in [-0.1, -0.05) is 13.8 Å². The monoisotopic (exact) mass is 225 g/mol. The molecule has 2 saturated carbocycles. The molecule has 0 bridgehead atoms. The molecular weight excluding hydrogens is 202 g/mol. The van der Waals surface area contributed by atoms with Crippen LogP contribution in [0.1, 0.15) is 46.0 Å². The molecule has 0 aliphatic heterocycles. The van der Waals surface area contributed by atoms with Gasteiger partial charge in [0.25, 0.3) is 0 Å². The molecule has 2 atom stereocenters. The summed E-state index contributed by atoms with van der Waals surface area (Å²) in [5, 5.41) is 3.51. The number of esters is 1. The molecule has 92 valence electrons. The summed E-state index contributed by atoms with van der Waals surface area (Å²) in [6, 6.07) is 0.448. The van der Waals surface area contributed by atoms with Gasteiger partial charge in [-0.15, -0.1) is 0 Å². The number of ether oxygens (including phenoxy) is 1. The molecule has 2 unspecified atom stereocenters. The topological polar surface area (TPSA) is 38.3 Å². The summed E-state index contributed by atoms with van der Waals surface area (Å²) in [5.74, 6) is 0.448. The average Bonchev–Trinajstić information content (AvgIpc) is 3.00. The van der Waals surface area contributed by atoms with Gasteiger partial charge in [-0.05, 0) is 43.4 Å². The minimum Gasteiger partial charge on any atom is -0.468 e. The van der Waals surface area contributed by atoms with Crippen molar-refractivity contribution in [2.45, 2.75) is 58.0 Å². The van der Waals surface area contributed by atoms with Crippen molar-refractivity contribution >= 4 is 5.97 Å². The third-order valence-corrected chi connectivity index (χ3v) is 3.93. The van der Waals surface area contributed by atoms with Gasteiger partial charge < -0.3 is 10.1 Å². The predicted octanol–water partition coefficient (Wildman–Crippen LogP) is 2.11. The maximum absolute atomic E-state index is 11.7. The van der Waals surface area contributed by atoms with E-state index >= 15 is 0 Å². The Morgan fingerprint density at radius 2 is 2.06 bits per heavy atom. The zero-order valence-corrected chi connectivity index (χ0v) is 10.6. The first kappa shape index (κ1) is 11.9. The first-order valence-corrected chi connectivity index (χ1v) is 6.36. The zero-order chi connectivity index (χ0) is 11.8. The quantitative estimate of drug-likeness (QED) is 0.745. The summed E-state index contributed by atoms with van der Waals surface area (Å²) in [4.78, 5) is 11.7. The molecule has 0 amide bonds. The van der Waals surface area contributed by atoms with E-state index in [2.05, 4.69) is 19.2 Å². The zero-order valence-electron chi connectivity index (χ0n) is 10.6. The van der Waals surface area contributed by atoms with Crippen molar-refractivity contribution in [3.63, 3.8) is 0 Å². The maximum Gasteiger partial charge on any atom is 0.323 e. The fraction of sp³-hybridized carbons (Fsp3) is 0.923. The van der Waals surface area contributed by atoms with Crippen LogP contribution in [-0.4, -0.2) is 25.2 Å². The molecule has 0 saturated heterocycles. The third-order valence-electron chi connectivity index (χ3n) is 3.93. The highest BCUT2D eigenvalue weighted by Crippen LogP contribution is 2.39. The Kier molecular flexibility index (Phi) is 3.24. The van der Waals surface area contributed by atoms with Gasteiger partial charge >= 0.3 is 5.97 Å². The van der Waals surface area contributed by atoms with Gasteiger partial charge in [0, 0.05) is 6.04 Å². The first-order chi connectivity index (χ1) is 7.52. The minimum atomic E-state index is -0.0767. The van der Waals surface area contributed by atoms with Crippen LogP contribution in [0.5, 0.6) is 0 Å². The number of hydrogen-bond donors (Lipinski definition) is 1. The van der Waals surface area contributed by atoms with Crippen LogP contribution in [0.2, 0.25) is 0 Å². The lowest BCUT2D eigenvalue weighted by molar-refractivity contribution is -0.144. The van der Waals surface area contributed by atoms with Crippen molar-refractivity contribution in [2.24, 2.45) is 11.3 Å². The fourth-order valence-corrected chi connectivity index (χ4v) is 2.79. The second kappa shape index (κ2) is 4.36. The van der Waals surface area contributed by atoms with E-state index in [0.717, 1.165) is 0 Å². The standard InChI is InChI=1S/C13H23NO2/c1-13(2)7-6-10(8-13)14-11(9-4-5-9)12(15)16-3/h9-11,14H,4-8H2,1-3H3. The van der Waals surface area contributed by atoms with Crippen LogP contribution in [0.25, 0.3) is 0 Å². The number of nitrogens with one attached hydrogen (secondary N) is 1. The van der Waals surface area contributed by atoms with E-state index in [1.165, 1.54) is 39.2 Å². The molecule has 2 fully saturated rings. The molecule has 3 heteroatoms. The molecule has 0 aromatic rings. The number of carbonyl (C=O) groups is 1. The molecule has 2 aliphatic carbocycles.